The average Bonchev–Trinajstić information content (AvgIpc) is 2.74. The van der Waals surface area contributed by atoms with Gasteiger partial charge in [-0.2, -0.15) is 8.78 Å². The number of carbonyl (C=O) groups excluding carboxylic acids is 1. The summed E-state index contributed by atoms with van der Waals surface area (Å²) in [4.78, 5) is 13.0. The van der Waals surface area contributed by atoms with Crippen LogP contribution in [0.5, 0.6) is 11.5 Å². The van der Waals surface area contributed by atoms with Crippen molar-refractivity contribution in [1.82, 2.24) is 0 Å². The van der Waals surface area contributed by atoms with Crippen molar-refractivity contribution in [1.29, 1.82) is 0 Å². The molecule has 3 aromatic rings. The Morgan fingerprint density at radius 3 is 2.20 bits per heavy atom. The number of rotatable bonds is 8. The molecule has 0 spiro atoms. The summed E-state index contributed by atoms with van der Waals surface area (Å²) in [5.41, 5.74) is 2.88. The third-order valence-corrected chi connectivity index (χ3v) is 4.40. The lowest BCUT2D eigenvalue weighted by atomic mass is 10.1. The van der Waals surface area contributed by atoms with E-state index in [1.54, 1.807) is 6.07 Å². The first-order chi connectivity index (χ1) is 14.5. The van der Waals surface area contributed by atoms with Gasteiger partial charge >= 0.3 is 6.61 Å². The van der Waals surface area contributed by atoms with Crippen LogP contribution in [0.1, 0.15) is 17.2 Å². The molecule has 1 atom stereocenters. The highest BCUT2D eigenvalue weighted by molar-refractivity contribution is 5.97. The lowest BCUT2D eigenvalue weighted by Crippen LogP contribution is -2.27. The van der Waals surface area contributed by atoms with E-state index in [2.05, 4.69) is 15.4 Å². The fourth-order valence-electron chi connectivity index (χ4n) is 2.92. The van der Waals surface area contributed by atoms with Crippen LogP contribution in [0.15, 0.2) is 72.8 Å². The van der Waals surface area contributed by atoms with Gasteiger partial charge < -0.3 is 20.1 Å². The molecule has 1 unspecified atom stereocenters. The number of aryl methyl sites for hydroxylation is 1. The molecule has 1 amide bonds. The van der Waals surface area contributed by atoms with Crippen molar-refractivity contribution in [3.63, 3.8) is 0 Å². The van der Waals surface area contributed by atoms with E-state index in [0.717, 1.165) is 5.56 Å². The molecule has 7 heteroatoms. The highest BCUT2D eigenvalue weighted by Crippen LogP contribution is 2.33. The summed E-state index contributed by atoms with van der Waals surface area (Å²) in [6.45, 7) is -1.04. The first kappa shape index (κ1) is 21.1. The number of halogens is 2. The molecule has 0 fully saturated rings. The SMILES string of the molecule is COc1ccc(NC(C(=O)Nc2ccc(C)cc2)c2ccccc2)cc1OC(F)F. The predicted molar refractivity (Wildman–Crippen MR) is 112 cm³/mol. The van der Waals surface area contributed by atoms with Gasteiger partial charge in [-0.1, -0.05) is 48.0 Å². The van der Waals surface area contributed by atoms with Crippen molar-refractivity contribution in [3.05, 3.63) is 83.9 Å². The van der Waals surface area contributed by atoms with Crippen molar-refractivity contribution < 1.29 is 23.0 Å². The minimum Gasteiger partial charge on any atom is -0.493 e. The van der Waals surface area contributed by atoms with Gasteiger partial charge in [-0.25, -0.2) is 0 Å². The van der Waals surface area contributed by atoms with E-state index in [9.17, 15) is 13.6 Å². The molecule has 2 N–H and O–H groups in total. The number of anilines is 2. The summed E-state index contributed by atoms with van der Waals surface area (Å²) in [7, 11) is 1.36. The molecule has 0 heterocycles. The van der Waals surface area contributed by atoms with Gasteiger partial charge in [0.15, 0.2) is 11.5 Å². The fraction of sp³-hybridized carbons (Fsp3) is 0.174. The first-order valence-electron chi connectivity index (χ1n) is 9.28. The number of methoxy groups -OCH3 is 1. The van der Waals surface area contributed by atoms with E-state index in [-0.39, 0.29) is 17.4 Å². The van der Waals surface area contributed by atoms with Crippen molar-refractivity contribution in [2.75, 3.05) is 17.7 Å². The Morgan fingerprint density at radius 2 is 1.57 bits per heavy atom. The number of benzene rings is 3. The monoisotopic (exact) mass is 412 g/mol. The zero-order valence-corrected chi connectivity index (χ0v) is 16.6. The molecular weight excluding hydrogens is 390 g/mol. The van der Waals surface area contributed by atoms with E-state index in [0.29, 0.717) is 16.9 Å². The lowest BCUT2D eigenvalue weighted by Gasteiger charge is -2.21. The molecular formula is C23H22F2N2O3. The van der Waals surface area contributed by atoms with Crippen LogP contribution in [0, 0.1) is 6.92 Å². The van der Waals surface area contributed by atoms with Gasteiger partial charge in [0.2, 0.25) is 0 Å². The summed E-state index contributed by atoms with van der Waals surface area (Å²) in [6, 6.07) is 20.3. The summed E-state index contributed by atoms with van der Waals surface area (Å²) in [5, 5.41) is 5.98. The van der Waals surface area contributed by atoms with Crippen LogP contribution in [0.2, 0.25) is 0 Å². The van der Waals surface area contributed by atoms with Gasteiger partial charge in [-0.3, -0.25) is 4.79 Å². The molecule has 0 bridgehead atoms. The van der Waals surface area contributed by atoms with Gasteiger partial charge in [-0.15, -0.1) is 0 Å². The minimum atomic E-state index is -3.00. The topological polar surface area (TPSA) is 59.6 Å². The van der Waals surface area contributed by atoms with Crippen molar-refractivity contribution >= 4 is 17.3 Å². The highest BCUT2D eigenvalue weighted by Gasteiger charge is 2.22. The summed E-state index contributed by atoms with van der Waals surface area (Å²) in [6.07, 6.45) is 0. The van der Waals surface area contributed by atoms with E-state index in [1.165, 1.54) is 19.2 Å². The number of ether oxygens (including phenoxy) is 2. The molecule has 0 aliphatic rings. The maximum atomic E-state index is 13.0. The lowest BCUT2D eigenvalue weighted by molar-refractivity contribution is -0.117. The summed E-state index contributed by atoms with van der Waals surface area (Å²) in [5.74, 6) is -0.248. The van der Waals surface area contributed by atoms with E-state index < -0.39 is 12.7 Å². The second-order valence-corrected chi connectivity index (χ2v) is 6.59. The third-order valence-electron chi connectivity index (χ3n) is 4.40. The average molecular weight is 412 g/mol. The molecule has 0 aliphatic carbocycles. The molecule has 3 rings (SSSR count). The van der Waals surface area contributed by atoms with Crippen LogP contribution in [0.4, 0.5) is 20.2 Å². The number of amides is 1. The van der Waals surface area contributed by atoms with Crippen LogP contribution in [-0.2, 0) is 4.79 Å². The Balaban J connectivity index is 1.88. The van der Waals surface area contributed by atoms with Crippen molar-refractivity contribution in [3.8, 4) is 11.5 Å². The smallest absolute Gasteiger partial charge is 0.387 e. The van der Waals surface area contributed by atoms with Crippen molar-refractivity contribution in [2.24, 2.45) is 0 Å². The van der Waals surface area contributed by atoms with Gasteiger partial charge in [0, 0.05) is 17.4 Å². The molecule has 0 aliphatic heterocycles. The Labute approximate surface area is 173 Å². The Bertz CT molecular complexity index is 979. The van der Waals surface area contributed by atoms with Gasteiger partial charge in [0.25, 0.3) is 5.91 Å². The van der Waals surface area contributed by atoms with E-state index in [1.807, 2.05) is 61.5 Å². The Morgan fingerprint density at radius 1 is 0.900 bits per heavy atom. The number of nitrogens with one attached hydrogen (secondary N) is 2. The molecule has 0 radical (unpaired) electrons. The first-order valence-corrected chi connectivity index (χ1v) is 9.28. The van der Waals surface area contributed by atoms with Crippen LogP contribution in [0.3, 0.4) is 0 Å². The summed E-state index contributed by atoms with van der Waals surface area (Å²) >= 11 is 0. The van der Waals surface area contributed by atoms with Gasteiger partial charge in [0.1, 0.15) is 6.04 Å². The van der Waals surface area contributed by atoms with E-state index >= 15 is 0 Å². The zero-order chi connectivity index (χ0) is 21.5. The standard InChI is InChI=1S/C23H22F2N2O3/c1-15-8-10-17(11-9-15)27-22(28)21(16-6-4-3-5-7-16)26-18-12-13-19(29-2)20(14-18)30-23(24)25/h3-14,21,23,26H,1-2H3,(H,27,28). The van der Waals surface area contributed by atoms with Crippen LogP contribution in [-0.4, -0.2) is 19.6 Å². The number of alkyl halides is 2. The normalized spacial score (nSPS) is 11.6. The third kappa shape index (κ3) is 5.47. The van der Waals surface area contributed by atoms with E-state index in [4.69, 9.17) is 4.74 Å². The zero-order valence-electron chi connectivity index (χ0n) is 16.6. The maximum Gasteiger partial charge on any atom is 0.387 e. The number of carbonyl (C=O) groups is 1. The van der Waals surface area contributed by atoms with Crippen LogP contribution in [0.25, 0.3) is 0 Å². The number of hydrogen-bond donors (Lipinski definition) is 2. The predicted octanol–water partition coefficient (Wildman–Crippen LogP) is 5.40. The molecule has 5 nitrogen and oxygen atoms in total. The van der Waals surface area contributed by atoms with Crippen LogP contribution >= 0.6 is 0 Å². The molecule has 156 valence electrons. The molecule has 30 heavy (non-hydrogen) atoms. The molecule has 0 saturated carbocycles. The van der Waals surface area contributed by atoms with Crippen LogP contribution < -0.4 is 20.1 Å². The maximum absolute atomic E-state index is 13.0. The number of hydrogen-bond acceptors (Lipinski definition) is 4. The van der Waals surface area contributed by atoms with Gasteiger partial charge in [0.05, 0.1) is 7.11 Å². The van der Waals surface area contributed by atoms with Crippen molar-refractivity contribution in [2.45, 2.75) is 19.6 Å². The minimum absolute atomic E-state index is 0.122. The Hall–Kier alpha value is -3.61. The molecule has 0 saturated heterocycles. The van der Waals surface area contributed by atoms with Gasteiger partial charge in [-0.05, 0) is 36.8 Å². The highest BCUT2D eigenvalue weighted by atomic mass is 19.3. The fourth-order valence-corrected chi connectivity index (χ4v) is 2.92. The second kappa shape index (κ2) is 9.73. The second-order valence-electron chi connectivity index (χ2n) is 6.59. The Kier molecular flexibility index (Phi) is 6.85. The molecule has 3 aromatic carbocycles. The summed E-state index contributed by atoms with van der Waals surface area (Å²) < 4.78 is 35.1. The quantitative estimate of drug-likeness (QED) is 0.520. The molecule has 0 aromatic heterocycles. The largest absolute Gasteiger partial charge is 0.493 e.